The summed E-state index contributed by atoms with van der Waals surface area (Å²) in [6.45, 7) is 9.42. The van der Waals surface area contributed by atoms with Crippen molar-refractivity contribution in [2.75, 3.05) is 26.7 Å². The largest absolute Gasteiger partial charge is 0.497 e. The molecule has 3 heterocycles. The number of ether oxygens (including phenoxy) is 2. The van der Waals surface area contributed by atoms with Crippen LogP contribution in [0.3, 0.4) is 0 Å². The molecule has 4 heteroatoms. The van der Waals surface area contributed by atoms with Crippen molar-refractivity contribution < 1.29 is 9.47 Å². The Balaban J connectivity index is 1.33. The molecule has 1 saturated carbocycles. The number of likely N-dealkylation sites (tertiary alicyclic amines) is 2. The number of piperidine rings is 1. The van der Waals surface area contributed by atoms with Gasteiger partial charge in [0.2, 0.25) is 0 Å². The second kappa shape index (κ2) is 8.06. The molecule has 0 aromatic heterocycles. The molecule has 2 bridgehead atoms. The molecule has 5 aliphatic rings. The molecule has 4 fully saturated rings. The van der Waals surface area contributed by atoms with E-state index in [9.17, 15) is 0 Å². The van der Waals surface area contributed by atoms with Gasteiger partial charge in [-0.25, -0.2) is 0 Å². The SMILES string of the molecule is CCC1C2[C@H](CN1Cc1ccccc1)OC1(C)C3Cc4ccc(OC)cc4C21CCN3CC1CC1. The molecular weight excluding hydrogens is 432 g/mol. The van der Waals surface area contributed by atoms with Crippen LogP contribution in [0, 0.1) is 11.8 Å². The fourth-order valence-corrected chi connectivity index (χ4v) is 8.83. The van der Waals surface area contributed by atoms with Crippen LogP contribution >= 0.6 is 0 Å². The van der Waals surface area contributed by atoms with Crippen molar-refractivity contribution in [3.63, 3.8) is 0 Å². The quantitative estimate of drug-likeness (QED) is 0.588. The summed E-state index contributed by atoms with van der Waals surface area (Å²) < 4.78 is 13.2. The molecular formula is C31H40N2O2. The Bertz CT molecular complexity index is 1100. The molecule has 2 aromatic carbocycles. The van der Waals surface area contributed by atoms with Gasteiger partial charge in [0.25, 0.3) is 0 Å². The van der Waals surface area contributed by atoms with E-state index in [1.807, 2.05) is 7.11 Å². The molecule has 3 saturated heterocycles. The lowest BCUT2D eigenvalue weighted by molar-refractivity contribution is -0.145. The molecule has 7 rings (SSSR count). The van der Waals surface area contributed by atoms with Gasteiger partial charge < -0.3 is 9.47 Å². The van der Waals surface area contributed by atoms with Gasteiger partial charge in [0, 0.05) is 43.1 Å². The van der Waals surface area contributed by atoms with Gasteiger partial charge in [0.15, 0.2) is 0 Å². The highest BCUT2D eigenvalue weighted by molar-refractivity contribution is 5.50. The maximum absolute atomic E-state index is 7.37. The Morgan fingerprint density at radius 3 is 2.66 bits per heavy atom. The van der Waals surface area contributed by atoms with Gasteiger partial charge in [-0.3, -0.25) is 9.80 Å². The van der Waals surface area contributed by atoms with Crippen LogP contribution in [-0.4, -0.2) is 60.3 Å². The lowest BCUT2D eigenvalue weighted by atomic mass is 9.50. The predicted molar refractivity (Wildman–Crippen MR) is 139 cm³/mol. The van der Waals surface area contributed by atoms with E-state index in [1.54, 1.807) is 0 Å². The third-order valence-electron chi connectivity index (χ3n) is 10.5. The van der Waals surface area contributed by atoms with Crippen LogP contribution in [0.5, 0.6) is 5.75 Å². The van der Waals surface area contributed by atoms with E-state index in [0.29, 0.717) is 24.1 Å². The molecule has 0 amide bonds. The van der Waals surface area contributed by atoms with Crippen LogP contribution in [0.25, 0.3) is 0 Å². The molecule has 2 aliphatic carbocycles. The second-order valence-electron chi connectivity index (χ2n) is 12.1. The van der Waals surface area contributed by atoms with Crippen LogP contribution in [0.1, 0.15) is 56.2 Å². The molecule has 0 N–H and O–H groups in total. The summed E-state index contributed by atoms with van der Waals surface area (Å²) in [6, 6.07) is 19.0. The van der Waals surface area contributed by atoms with Crippen molar-refractivity contribution in [2.24, 2.45) is 11.8 Å². The van der Waals surface area contributed by atoms with E-state index in [4.69, 9.17) is 9.47 Å². The number of rotatable bonds is 6. The van der Waals surface area contributed by atoms with Crippen LogP contribution < -0.4 is 4.74 Å². The van der Waals surface area contributed by atoms with Gasteiger partial charge in [-0.05, 0) is 80.3 Å². The minimum Gasteiger partial charge on any atom is -0.497 e. The zero-order chi connectivity index (χ0) is 23.8. The Morgan fingerprint density at radius 1 is 1.09 bits per heavy atom. The second-order valence-corrected chi connectivity index (χ2v) is 12.1. The number of nitrogens with zero attached hydrogens (tertiary/aromatic N) is 2. The summed E-state index contributed by atoms with van der Waals surface area (Å²) in [5.41, 5.74) is 4.40. The molecule has 3 aliphatic heterocycles. The van der Waals surface area contributed by atoms with E-state index in [0.717, 1.165) is 31.2 Å². The maximum atomic E-state index is 7.37. The number of benzene rings is 2. The highest BCUT2D eigenvalue weighted by Gasteiger charge is 2.73. The minimum absolute atomic E-state index is 0.0522. The first-order chi connectivity index (χ1) is 17.1. The van der Waals surface area contributed by atoms with Gasteiger partial charge in [-0.1, -0.05) is 43.3 Å². The van der Waals surface area contributed by atoms with Crippen molar-refractivity contribution in [3.8, 4) is 5.75 Å². The van der Waals surface area contributed by atoms with Gasteiger partial charge in [0.1, 0.15) is 5.75 Å². The van der Waals surface area contributed by atoms with Crippen molar-refractivity contribution in [3.05, 3.63) is 65.2 Å². The number of hydrogen-bond acceptors (Lipinski definition) is 4. The summed E-state index contributed by atoms with van der Waals surface area (Å²) in [4.78, 5) is 5.56. The molecule has 4 nitrogen and oxygen atoms in total. The zero-order valence-corrected chi connectivity index (χ0v) is 21.6. The highest BCUT2D eigenvalue weighted by Crippen LogP contribution is 2.65. The smallest absolute Gasteiger partial charge is 0.119 e. The highest BCUT2D eigenvalue weighted by atomic mass is 16.5. The van der Waals surface area contributed by atoms with E-state index < -0.39 is 0 Å². The summed E-state index contributed by atoms with van der Waals surface area (Å²) >= 11 is 0. The first-order valence-corrected chi connectivity index (χ1v) is 13.9. The Hall–Kier alpha value is -1.88. The minimum atomic E-state index is -0.138. The first-order valence-electron chi connectivity index (χ1n) is 13.9. The summed E-state index contributed by atoms with van der Waals surface area (Å²) in [5, 5.41) is 0. The van der Waals surface area contributed by atoms with Crippen molar-refractivity contribution in [1.82, 2.24) is 9.80 Å². The Morgan fingerprint density at radius 2 is 1.91 bits per heavy atom. The van der Waals surface area contributed by atoms with Gasteiger partial charge >= 0.3 is 0 Å². The molecule has 35 heavy (non-hydrogen) atoms. The fraction of sp³-hybridized carbons (Fsp3) is 0.613. The van der Waals surface area contributed by atoms with E-state index in [2.05, 4.69) is 72.2 Å². The Labute approximate surface area is 210 Å². The molecule has 2 aromatic rings. The van der Waals surface area contributed by atoms with Crippen LogP contribution in [0.4, 0.5) is 0 Å². The first kappa shape index (κ1) is 22.3. The monoisotopic (exact) mass is 472 g/mol. The third-order valence-corrected chi connectivity index (χ3v) is 10.5. The van der Waals surface area contributed by atoms with Crippen LogP contribution in [-0.2, 0) is 23.1 Å². The van der Waals surface area contributed by atoms with Crippen molar-refractivity contribution in [1.29, 1.82) is 0 Å². The molecule has 0 radical (unpaired) electrons. The molecule has 6 atom stereocenters. The van der Waals surface area contributed by atoms with Crippen molar-refractivity contribution in [2.45, 2.75) is 81.7 Å². The van der Waals surface area contributed by atoms with Gasteiger partial charge in [-0.2, -0.15) is 0 Å². The fourth-order valence-electron chi connectivity index (χ4n) is 8.83. The summed E-state index contributed by atoms with van der Waals surface area (Å²) in [7, 11) is 1.81. The van der Waals surface area contributed by atoms with E-state index in [-0.39, 0.29) is 11.0 Å². The normalized spacial score (nSPS) is 38.1. The number of hydrogen-bond donors (Lipinski definition) is 0. The lowest BCUT2D eigenvalue weighted by Crippen LogP contribution is -2.71. The van der Waals surface area contributed by atoms with Crippen LogP contribution in [0.2, 0.25) is 0 Å². The maximum Gasteiger partial charge on any atom is 0.119 e. The lowest BCUT2D eigenvalue weighted by Gasteiger charge is -2.61. The standard InChI is InChI=1S/C31H40N2O2/c1-4-26-29-27(20-33(26)19-21-8-6-5-7-9-21)35-30(2)28-16-23-12-13-24(34-3)17-25(23)31(29,30)14-15-32(28)18-22-10-11-22/h5-9,12-13,17,22,26-29H,4,10-11,14-16,18-20H2,1-3H3/t26?,27-,28?,29?,30?,31?/m0/s1. The molecule has 0 spiro atoms. The average Bonchev–Trinajstić information content (AvgIpc) is 3.56. The predicted octanol–water partition coefficient (Wildman–Crippen LogP) is 5.04. The van der Waals surface area contributed by atoms with Crippen molar-refractivity contribution >= 4 is 0 Å². The van der Waals surface area contributed by atoms with E-state index >= 15 is 0 Å². The van der Waals surface area contributed by atoms with Crippen LogP contribution in [0.15, 0.2) is 48.5 Å². The molecule has 186 valence electrons. The molecule has 5 unspecified atom stereocenters. The summed E-state index contributed by atoms with van der Waals surface area (Å²) in [5.74, 6) is 2.43. The van der Waals surface area contributed by atoms with Gasteiger partial charge in [0.05, 0.1) is 18.8 Å². The van der Waals surface area contributed by atoms with E-state index in [1.165, 1.54) is 55.5 Å². The topological polar surface area (TPSA) is 24.9 Å². The average molecular weight is 473 g/mol. The van der Waals surface area contributed by atoms with Gasteiger partial charge in [-0.15, -0.1) is 0 Å². The summed E-state index contributed by atoms with van der Waals surface area (Å²) in [6.07, 6.45) is 6.60. The Kier molecular flexibility index (Phi) is 5.14. The zero-order valence-electron chi connectivity index (χ0n) is 21.6. The third kappa shape index (κ3) is 3.15. The number of methoxy groups -OCH3 is 1. The number of fused-ring (bicyclic) bond motifs is 2.